The van der Waals surface area contributed by atoms with E-state index < -0.39 is 0 Å². The van der Waals surface area contributed by atoms with Crippen LogP contribution in [0.5, 0.6) is 0 Å². The number of hydrogen-bond acceptors (Lipinski definition) is 2. The van der Waals surface area contributed by atoms with Gasteiger partial charge in [-0.05, 0) is 38.1 Å². The second-order valence-corrected chi connectivity index (χ2v) is 5.63. The summed E-state index contributed by atoms with van der Waals surface area (Å²) in [5.74, 6) is 0.917. The third-order valence-electron chi connectivity index (χ3n) is 4.55. The molecular formula is C14H27NO. The van der Waals surface area contributed by atoms with E-state index in [1.54, 1.807) is 0 Å². The van der Waals surface area contributed by atoms with E-state index in [9.17, 15) is 0 Å². The van der Waals surface area contributed by atoms with Crippen LogP contribution < -0.4 is 5.32 Å². The minimum absolute atomic E-state index is 0.467. The normalized spacial score (nSPS) is 32.8. The van der Waals surface area contributed by atoms with Gasteiger partial charge >= 0.3 is 0 Å². The molecule has 1 heterocycles. The van der Waals surface area contributed by atoms with Crippen LogP contribution in [0.25, 0.3) is 0 Å². The summed E-state index contributed by atoms with van der Waals surface area (Å²) in [4.78, 5) is 0. The second-order valence-electron chi connectivity index (χ2n) is 5.63. The monoisotopic (exact) mass is 225 g/mol. The van der Waals surface area contributed by atoms with Crippen LogP contribution in [0.3, 0.4) is 0 Å². The standard InChI is InChI=1S/C14H27NO/c1-2-15-11-14(9-6-10-16-12-14)13-7-4-3-5-8-13/h13,15H,2-12H2,1H3. The maximum atomic E-state index is 5.80. The Morgan fingerprint density at radius 3 is 2.62 bits per heavy atom. The lowest BCUT2D eigenvalue weighted by Gasteiger charge is -2.45. The fourth-order valence-corrected chi connectivity index (χ4v) is 3.57. The van der Waals surface area contributed by atoms with Gasteiger partial charge in [-0.3, -0.25) is 0 Å². The van der Waals surface area contributed by atoms with Crippen molar-refractivity contribution in [1.82, 2.24) is 5.32 Å². The highest BCUT2D eigenvalue weighted by molar-refractivity contribution is 4.91. The van der Waals surface area contributed by atoms with E-state index in [-0.39, 0.29) is 0 Å². The Morgan fingerprint density at radius 1 is 1.19 bits per heavy atom. The molecule has 2 nitrogen and oxygen atoms in total. The highest BCUT2D eigenvalue weighted by atomic mass is 16.5. The Labute approximate surface area is 100 Å². The average Bonchev–Trinajstić information content (AvgIpc) is 2.38. The molecule has 0 aromatic rings. The molecule has 1 saturated carbocycles. The van der Waals surface area contributed by atoms with E-state index in [0.29, 0.717) is 5.41 Å². The minimum atomic E-state index is 0.467. The van der Waals surface area contributed by atoms with Crippen molar-refractivity contribution in [2.75, 3.05) is 26.3 Å². The number of hydrogen-bond donors (Lipinski definition) is 1. The zero-order valence-electron chi connectivity index (χ0n) is 10.8. The molecule has 2 heteroatoms. The number of rotatable bonds is 4. The minimum Gasteiger partial charge on any atom is -0.381 e. The molecular weight excluding hydrogens is 198 g/mol. The Hall–Kier alpha value is -0.0800. The van der Waals surface area contributed by atoms with E-state index in [2.05, 4.69) is 12.2 Å². The third kappa shape index (κ3) is 2.78. The molecule has 1 N–H and O–H groups in total. The zero-order chi connectivity index (χ0) is 11.3. The van der Waals surface area contributed by atoms with Crippen molar-refractivity contribution in [1.29, 1.82) is 0 Å². The van der Waals surface area contributed by atoms with Gasteiger partial charge in [0.05, 0.1) is 6.61 Å². The lowest BCUT2D eigenvalue weighted by molar-refractivity contribution is -0.0506. The van der Waals surface area contributed by atoms with Crippen molar-refractivity contribution in [3.63, 3.8) is 0 Å². The Balaban J connectivity index is 1.99. The first kappa shape index (κ1) is 12.4. The summed E-state index contributed by atoms with van der Waals surface area (Å²) in [6.07, 6.45) is 9.86. The van der Waals surface area contributed by atoms with Gasteiger partial charge in [-0.1, -0.05) is 26.2 Å². The lowest BCUT2D eigenvalue weighted by atomic mass is 9.66. The van der Waals surface area contributed by atoms with Gasteiger partial charge in [-0.25, -0.2) is 0 Å². The molecule has 16 heavy (non-hydrogen) atoms. The van der Waals surface area contributed by atoms with Crippen molar-refractivity contribution < 1.29 is 4.74 Å². The van der Waals surface area contributed by atoms with Gasteiger partial charge in [0.25, 0.3) is 0 Å². The summed E-state index contributed by atoms with van der Waals surface area (Å²) < 4.78 is 5.80. The van der Waals surface area contributed by atoms with Gasteiger partial charge in [0.2, 0.25) is 0 Å². The molecule has 2 rings (SSSR count). The molecule has 0 aromatic heterocycles. The van der Waals surface area contributed by atoms with Crippen LogP contribution in [0, 0.1) is 11.3 Å². The summed E-state index contributed by atoms with van der Waals surface area (Å²) in [7, 11) is 0. The van der Waals surface area contributed by atoms with Gasteiger partial charge in [0.1, 0.15) is 0 Å². The molecule has 1 aliphatic heterocycles. The van der Waals surface area contributed by atoms with E-state index >= 15 is 0 Å². The first-order valence-corrected chi connectivity index (χ1v) is 7.16. The predicted octanol–water partition coefficient (Wildman–Crippen LogP) is 2.97. The number of nitrogens with one attached hydrogen (secondary N) is 1. The summed E-state index contributed by atoms with van der Waals surface area (Å²) in [5, 5.41) is 3.58. The maximum Gasteiger partial charge on any atom is 0.0537 e. The molecule has 2 fully saturated rings. The first-order chi connectivity index (χ1) is 7.87. The molecule has 1 unspecified atom stereocenters. The van der Waals surface area contributed by atoms with E-state index in [1.807, 2.05) is 0 Å². The number of ether oxygens (including phenoxy) is 1. The van der Waals surface area contributed by atoms with Crippen molar-refractivity contribution in [2.24, 2.45) is 11.3 Å². The molecule has 94 valence electrons. The molecule has 0 radical (unpaired) electrons. The molecule has 0 amide bonds. The Morgan fingerprint density at radius 2 is 2.00 bits per heavy atom. The van der Waals surface area contributed by atoms with Crippen molar-refractivity contribution in [2.45, 2.75) is 51.9 Å². The molecule has 0 bridgehead atoms. The van der Waals surface area contributed by atoms with Crippen LogP contribution in [0.4, 0.5) is 0 Å². The van der Waals surface area contributed by atoms with Crippen LogP contribution in [-0.4, -0.2) is 26.3 Å². The SMILES string of the molecule is CCNCC1(C2CCCCC2)CCCOC1. The van der Waals surface area contributed by atoms with Crippen molar-refractivity contribution >= 4 is 0 Å². The van der Waals surface area contributed by atoms with Crippen molar-refractivity contribution in [3.8, 4) is 0 Å². The fraction of sp³-hybridized carbons (Fsp3) is 1.00. The third-order valence-corrected chi connectivity index (χ3v) is 4.55. The maximum absolute atomic E-state index is 5.80. The second kappa shape index (κ2) is 6.02. The van der Waals surface area contributed by atoms with Crippen LogP contribution in [0.2, 0.25) is 0 Å². The molecule has 1 aliphatic carbocycles. The Bertz CT molecular complexity index is 193. The summed E-state index contributed by atoms with van der Waals surface area (Å²) in [6, 6.07) is 0. The Kier molecular flexibility index (Phi) is 4.66. The fourth-order valence-electron chi connectivity index (χ4n) is 3.57. The summed E-state index contributed by atoms with van der Waals surface area (Å²) in [5.41, 5.74) is 0.467. The molecule has 0 spiro atoms. The summed E-state index contributed by atoms with van der Waals surface area (Å²) >= 11 is 0. The first-order valence-electron chi connectivity index (χ1n) is 7.16. The average molecular weight is 225 g/mol. The highest BCUT2D eigenvalue weighted by Crippen LogP contribution is 2.43. The largest absolute Gasteiger partial charge is 0.381 e. The molecule has 1 saturated heterocycles. The van der Waals surface area contributed by atoms with Gasteiger partial charge in [0.15, 0.2) is 0 Å². The van der Waals surface area contributed by atoms with E-state index in [4.69, 9.17) is 4.74 Å². The van der Waals surface area contributed by atoms with Crippen molar-refractivity contribution in [3.05, 3.63) is 0 Å². The predicted molar refractivity (Wildman–Crippen MR) is 67.6 cm³/mol. The molecule has 0 aromatic carbocycles. The lowest BCUT2D eigenvalue weighted by Crippen LogP contribution is -2.47. The van der Waals surface area contributed by atoms with E-state index in [1.165, 1.54) is 51.5 Å². The van der Waals surface area contributed by atoms with Crippen LogP contribution in [-0.2, 0) is 4.74 Å². The van der Waals surface area contributed by atoms with Crippen LogP contribution in [0.15, 0.2) is 0 Å². The molecule has 2 aliphatic rings. The van der Waals surface area contributed by atoms with Gasteiger partial charge in [-0.2, -0.15) is 0 Å². The molecule has 1 atom stereocenters. The zero-order valence-corrected chi connectivity index (χ0v) is 10.8. The van der Waals surface area contributed by atoms with Gasteiger partial charge in [0, 0.05) is 18.6 Å². The topological polar surface area (TPSA) is 21.3 Å². The smallest absolute Gasteiger partial charge is 0.0537 e. The quantitative estimate of drug-likeness (QED) is 0.794. The van der Waals surface area contributed by atoms with E-state index in [0.717, 1.165) is 25.7 Å². The highest BCUT2D eigenvalue weighted by Gasteiger charge is 2.40. The summed E-state index contributed by atoms with van der Waals surface area (Å²) in [6.45, 7) is 6.46. The van der Waals surface area contributed by atoms with Gasteiger partial charge in [-0.15, -0.1) is 0 Å². The van der Waals surface area contributed by atoms with Gasteiger partial charge < -0.3 is 10.1 Å². The van der Waals surface area contributed by atoms with Crippen LogP contribution >= 0.6 is 0 Å². The van der Waals surface area contributed by atoms with Crippen LogP contribution in [0.1, 0.15) is 51.9 Å².